The molecule has 1 N–H and O–H groups in total. The Hall–Kier alpha value is -0.820. The molecule has 2 aliphatic carbocycles. The van der Waals surface area contributed by atoms with Crippen LogP contribution in [0.2, 0.25) is 0 Å². The van der Waals surface area contributed by atoms with Gasteiger partial charge in [0.15, 0.2) is 0 Å². The van der Waals surface area contributed by atoms with E-state index in [1.807, 2.05) is 0 Å². The Labute approximate surface area is 136 Å². The molecule has 1 aromatic rings. The van der Waals surface area contributed by atoms with Crippen molar-refractivity contribution in [1.29, 1.82) is 0 Å². The van der Waals surface area contributed by atoms with Crippen molar-refractivity contribution in [2.45, 2.75) is 83.7 Å². The number of benzene rings is 1. The van der Waals surface area contributed by atoms with E-state index in [2.05, 4.69) is 25.1 Å². The molecule has 1 atom stereocenters. The van der Waals surface area contributed by atoms with Crippen LogP contribution in [0.15, 0.2) is 18.2 Å². The molecular weight excluding hydrogens is 268 g/mol. The van der Waals surface area contributed by atoms with Crippen molar-refractivity contribution in [2.24, 2.45) is 11.8 Å². The van der Waals surface area contributed by atoms with Gasteiger partial charge in [0.25, 0.3) is 0 Å². The van der Waals surface area contributed by atoms with Crippen LogP contribution in [-0.2, 0) is 19.3 Å². The second-order valence-corrected chi connectivity index (χ2v) is 7.71. The number of aliphatic hydroxyl groups is 1. The predicted octanol–water partition coefficient (Wildman–Crippen LogP) is 5.08. The summed E-state index contributed by atoms with van der Waals surface area (Å²) in [6, 6.07) is 6.99. The third-order valence-corrected chi connectivity index (χ3v) is 5.98. The molecule has 0 radical (unpaired) electrons. The van der Waals surface area contributed by atoms with Crippen LogP contribution in [0.25, 0.3) is 0 Å². The molecule has 122 valence electrons. The van der Waals surface area contributed by atoms with Crippen molar-refractivity contribution in [3.63, 3.8) is 0 Å². The van der Waals surface area contributed by atoms with Gasteiger partial charge in [-0.05, 0) is 60.6 Å². The zero-order valence-corrected chi connectivity index (χ0v) is 14.2. The summed E-state index contributed by atoms with van der Waals surface area (Å²) in [5.74, 6) is 1.99. The first-order chi connectivity index (χ1) is 10.7. The Morgan fingerprint density at radius 3 is 2.41 bits per heavy atom. The van der Waals surface area contributed by atoms with Gasteiger partial charge in [-0.1, -0.05) is 63.6 Å². The van der Waals surface area contributed by atoms with Crippen LogP contribution in [0.4, 0.5) is 0 Å². The SMILES string of the molecule is CCCC1CCC(CCc2ccc3c(c2)CCC(O)C3)CC1. The van der Waals surface area contributed by atoms with Crippen molar-refractivity contribution in [3.8, 4) is 0 Å². The lowest BCUT2D eigenvalue weighted by Crippen LogP contribution is -2.18. The van der Waals surface area contributed by atoms with Crippen LogP contribution < -0.4 is 0 Å². The predicted molar refractivity (Wildman–Crippen MR) is 93.2 cm³/mol. The van der Waals surface area contributed by atoms with E-state index < -0.39 is 0 Å². The van der Waals surface area contributed by atoms with Crippen LogP contribution in [-0.4, -0.2) is 11.2 Å². The van der Waals surface area contributed by atoms with Gasteiger partial charge in [-0.25, -0.2) is 0 Å². The molecule has 0 bridgehead atoms. The molecule has 1 aromatic carbocycles. The lowest BCUT2D eigenvalue weighted by atomic mass is 9.78. The van der Waals surface area contributed by atoms with E-state index >= 15 is 0 Å². The topological polar surface area (TPSA) is 20.2 Å². The van der Waals surface area contributed by atoms with E-state index in [0.717, 1.165) is 31.1 Å². The molecule has 0 spiro atoms. The molecule has 1 unspecified atom stereocenters. The number of aryl methyl sites for hydroxylation is 2. The van der Waals surface area contributed by atoms with Crippen molar-refractivity contribution in [1.82, 2.24) is 0 Å². The van der Waals surface area contributed by atoms with Gasteiger partial charge < -0.3 is 5.11 Å². The minimum absolute atomic E-state index is 0.114. The number of aliphatic hydroxyl groups excluding tert-OH is 1. The molecule has 0 amide bonds. The van der Waals surface area contributed by atoms with Gasteiger partial charge in [-0.3, -0.25) is 0 Å². The summed E-state index contributed by atoms with van der Waals surface area (Å²) in [4.78, 5) is 0. The molecule has 2 aliphatic rings. The lowest BCUT2D eigenvalue weighted by Gasteiger charge is -2.28. The highest BCUT2D eigenvalue weighted by Gasteiger charge is 2.21. The first-order valence-electron chi connectivity index (χ1n) is 9.53. The molecule has 0 aromatic heterocycles. The maximum absolute atomic E-state index is 9.76. The lowest BCUT2D eigenvalue weighted by molar-refractivity contribution is 0.158. The Balaban J connectivity index is 1.48. The summed E-state index contributed by atoms with van der Waals surface area (Å²) in [6.45, 7) is 2.32. The van der Waals surface area contributed by atoms with Gasteiger partial charge in [0, 0.05) is 0 Å². The maximum atomic E-state index is 9.76. The highest BCUT2D eigenvalue weighted by molar-refractivity contribution is 5.34. The molecule has 0 saturated heterocycles. The molecule has 0 heterocycles. The standard InChI is InChI=1S/C21H32O/c1-2-3-16-4-6-17(7-5-16)8-9-18-10-11-20-15-21(22)13-12-19(20)14-18/h10-11,14,16-17,21-22H,2-9,12-13,15H2,1H3. The normalized spacial score (nSPS) is 28.4. The second kappa shape index (κ2) is 7.64. The van der Waals surface area contributed by atoms with Gasteiger partial charge in [0.1, 0.15) is 0 Å². The molecular formula is C21H32O. The largest absolute Gasteiger partial charge is 0.393 e. The summed E-state index contributed by atoms with van der Waals surface area (Å²) in [5, 5.41) is 9.76. The molecule has 1 nitrogen and oxygen atoms in total. The minimum atomic E-state index is -0.114. The van der Waals surface area contributed by atoms with E-state index in [0.29, 0.717) is 0 Å². The third-order valence-electron chi connectivity index (χ3n) is 5.98. The molecule has 1 saturated carbocycles. The Bertz CT molecular complexity index is 471. The Morgan fingerprint density at radius 1 is 0.955 bits per heavy atom. The summed E-state index contributed by atoms with van der Waals surface area (Å²) in [7, 11) is 0. The van der Waals surface area contributed by atoms with Crippen LogP contribution in [0.3, 0.4) is 0 Å². The van der Waals surface area contributed by atoms with E-state index in [4.69, 9.17) is 0 Å². The van der Waals surface area contributed by atoms with E-state index in [9.17, 15) is 5.11 Å². The quantitative estimate of drug-likeness (QED) is 0.804. The Kier molecular flexibility index (Phi) is 5.57. The molecule has 3 rings (SSSR count). The molecule has 1 heteroatoms. The summed E-state index contributed by atoms with van der Waals surface area (Å²) < 4.78 is 0. The zero-order valence-electron chi connectivity index (χ0n) is 14.2. The van der Waals surface area contributed by atoms with Crippen LogP contribution in [0.5, 0.6) is 0 Å². The van der Waals surface area contributed by atoms with E-state index in [1.165, 1.54) is 68.1 Å². The van der Waals surface area contributed by atoms with Gasteiger partial charge in [-0.2, -0.15) is 0 Å². The number of hydrogen-bond donors (Lipinski definition) is 1. The summed E-state index contributed by atoms with van der Waals surface area (Å²) in [5.41, 5.74) is 4.39. The van der Waals surface area contributed by atoms with Crippen molar-refractivity contribution in [3.05, 3.63) is 34.9 Å². The zero-order chi connectivity index (χ0) is 15.4. The number of fused-ring (bicyclic) bond motifs is 1. The van der Waals surface area contributed by atoms with E-state index in [1.54, 1.807) is 0 Å². The first kappa shape index (κ1) is 16.1. The monoisotopic (exact) mass is 300 g/mol. The van der Waals surface area contributed by atoms with Gasteiger partial charge in [0.2, 0.25) is 0 Å². The average molecular weight is 300 g/mol. The highest BCUT2D eigenvalue weighted by atomic mass is 16.3. The van der Waals surface area contributed by atoms with E-state index in [-0.39, 0.29) is 6.10 Å². The van der Waals surface area contributed by atoms with Crippen LogP contribution >= 0.6 is 0 Å². The maximum Gasteiger partial charge on any atom is 0.0583 e. The third kappa shape index (κ3) is 4.13. The van der Waals surface area contributed by atoms with Crippen LogP contribution in [0.1, 0.15) is 75.0 Å². The molecule has 1 fully saturated rings. The number of hydrogen-bond acceptors (Lipinski definition) is 1. The minimum Gasteiger partial charge on any atom is -0.393 e. The van der Waals surface area contributed by atoms with Gasteiger partial charge in [0.05, 0.1) is 6.10 Å². The van der Waals surface area contributed by atoms with Gasteiger partial charge >= 0.3 is 0 Å². The fourth-order valence-corrected chi connectivity index (χ4v) is 4.53. The second-order valence-electron chi connectivity index (χ2n) is 7.71. The Morgan fingerprint density at radius 2 is 1.68 bits per heavy atom. The fourth-order valence-electron chi connectivity index (χ4n) is 4.53. The smallest absolute Gasteiger partial charge is 0.0583 e. The first-order valence-corrected chi connectivity index (χ1v) is 9.53. The molecule has 22 heavy (non-hydrogen) atoms. The van der Waals surface area contributed by atoms with Crippen molar-refractivity contribution in [2.75, 3.05) is 0 Å². The van der Waals surface area contributed by atoms with Crippen molar-refractivity contribution >= 4 is 0 Å². The number of rotatable bonds is 5. The van der Waals surface area contributed by atoms with Crippen LogP contribution in [0, 0.1) is 11.8 Å². The fraction of sp³-hybridized carbons (Fsp3) is 0.714. The summed E-state index contributed by atoms with van der Waals surface area (Å²) in [6.07, 6.45) is 14.0. The molecule has 0 aliphatic heterocycles. The van der Waals surface area contributed by atoms with Gasteiger partial charge in [-0.15, -0.1) is 0 Å². The summed E-state index contributed by atoms with van der Waals surface area (Å²) >= 11 is 0. The highest BCUT2D eigenvalue weighted by Crippen LogP contribution is 2.34. The average Bonchev–Trinajstić information content (AvgIpc) is 2.54. The van der Waals surface area contributed by atoms with Crippen molar-refractivity contribution < 1.29 is 5.11 Å².